The predicted molar refractivity (Wildman–Crippen MR) is 60.4 cm³/mol. The van der Waals surface area contributed by atoms with Crippen molar-refractivity contribution in [2.75, 3.05) is 5.73 Å². The van der Waals surface area contributed by atoms with Gasteiger partial charge in [-0.3, -0.25) is 5.10 Å². The van der Waals surface area contributed by atoms with Gasteiger partial charge < -0.3 is 5.73 Å². The number of benzene rings is 1. The van der Waals surface area contributed by atoms with E-state index < -0.39 is 0 Å². The Labute approximate surface area is 88.7 Å². The van der Waals surface area contributed by atoms with Crippen LogP contribution in [0.2, 0.25) is 0 Å². The molecule has 0 fully saturated rings. The molecule has 2 rings (SSSR count). The largest absolute Gasteiger partial charge is 0.382 e. The zero-order valence-electron chi connectivity index (χ0n) is 7.82. The second kappa shape index (κ2) is 4.15. The number of halogens is 1. The molecule has 0 aliphatic rings. The maximum Gasteiger partial charge on any atom is 0.148 e. The number of aromatic amines is 1. The van der Waals surface area contributed by atoms with Gasteiger partial charge in [0, 0.05) is 5.56 Å². The van der Waals surface area contributed by atoms with Crippen LogP contribution in [-0.4, -0.2) is 10.2 Å². The van der Waals surface area contributed by atoms with E-state index in [-0.39, 0.29) is 12.4 Å². The van der Waals surface area contributed by atoms with Crippen molar-refractivity contribution in [2.45, 2.75) is 6.92 Å². The first-order chi connectivity index (χ1) is 6.29. The monoisotopic (exact) mass is 209 g/mol. The number of nitrogens with one attached hydrogen (secondary N) is 1. The Kier molecular flexibility index (Phi) is 3.14. The maximum absolute atomic E-state index is 5.64. The van der Waals surface area contributed by atoms with Gasteiger partial charge in [-0.25, -0.2) is 0 Å². The summed E-state index contributed by atoms with van der Waals surface area (Å²) in [6.07, 6.45) is 0. The molecule has 0 bridgehead atoms. The number of rotatable bonds is 1. The lowest BCUT2D eigenvalue weighted by Gasteiger charge is -1.97. The Bertz CT molecular complexity index is 409. The minimum Gasteiger partial charge on any atom is -0.382 e. The van der Waals surface area contributed by atoms with Crippen molar-refractivity contribution in [3.05, 3.63) is 35.9 Å². The number of hydrogen-bond donors (Lipinski definition) is 2. The highest BCUT2D eigenvalue weighted by Gasteiger charge is 2.06. The van der Waals surface area contributed by atoms with Crippen LogP contribution in [0.1, 0.15) is 5.56 Å². The van der Waals surface area contributed by atoms with Crippen molar-refractivity contribution in [1.82, 2.24) is 10.2 Å². The Hall–Kier alpha value is -1.48. The molecule has 1 aromatic heterocycles. The minimum atomic E-state index is 0. The first-order valence-electron chi connectivity index (χ1n) is 4.15. The number of nitrogens with two attached hydrogens (primary N) is 1. The number of anilines is 1. The van der Waals surface area contributed by atoms with Gasteiger partial charge in [0.25, 0.3) is 0 Å². The number of nitrogens with zero attached hydrogens (tertiary/aromatic N) is 1. The normalized spacial score (nSPS) is 9.50. The summed E-state index contributed by atoms with van der Waals surface area (Å²) in [4.78, 5) is 0. The average Bonchev–Trinajstić information content (AvgIpc) is 2.49. The number of nitrogen functional groups attached to an aromatic ring is 1. The van der Waals surface area contributed by atoms with Crippen LogP contribution in [0, 0.1) is 6.92 Å². The second-order valence-electron chi connectivity index (χ2n) is 2.97. The van der Waals surface area contributed by atoms with Crippen LogP contribution in [-0.2, 0) is 0 Å². The van der Waals surface area contributed by atoms with Gasteiger partial charge >= 0.3 is 0 Å². The number of hydrogen-bond acceptors (Lipinski definition) is 2. The third-order valence-corrected chi connectivity index (χ3v) is 2.11. The van der Waals surface area contributed by atoms with Crippen LogP contribution in [0.3, 0.4) is 0 Å². The second-order valence-corrected chi connectivity index (χ2v) is 2.97. The summed E-state index contributed by atoms with van der Waals surface area (Å²) >= 11 is 0. The van der Waals surface area contributed by atoms with Gasteiger partial charge in [0.2, 0.25) is 0 Å². The molecule has 0 atom stereocenters. The molecule has 3 nitrogen and oxygen atoms in total. The first-order valence-corrected chi connectivity index (χ1v) is 4.15. The van der Waals surface area contributed by atoms with Crippen molar-refractivity contribution in [3.63, 3.8) is 0 Å². The van der Waals surface area contributed by atoms with Crippen LogP contribution in [0.4, 0.5) is 5.82 Å². The third-order valence-electron chi connectivity index (χ3n) is 2.11. The highest BCUT2D eigenvalue weighted by Crippen LogP contribution is 2.23. The van der Waals surface area contributed by atoms with E-state index in [1.807, 2.05) is 37.3 Å². The molecule has 3 N–H and O–H groups in total. The predicted octanol–water partition coefficient (Wildman–Crippen LogP) is 2.39. The molecular formula is C10H12ClN3. The quantitative estimate of drug-likeness (QED) is 0.758. The molecule has 4 heteroatoms. The molecule has 14 heavy (non-hydrogen) atoms. The highest BCUT2D eigenvalue weighted by molar-refractivity contribution is 5.85. The van der Waals surface area contributed by atoms with E-state index in [4.69, 9.17) is 5.73 Å². The van der Waals surface area contributed by atoms with E-state index in [9.17, 15) is 0 Å². The molecule has 0 saturated heterocycles. The fraction of sp³-hybridized carbons (Fsp3) is 0.100. The molecular weight excluding hydrogens is 198 g/mol. The first kappa shape index (κ1) is 10.6. The summed E-state index contributed by atoms with van der Waals surface area (Å²) in [5.74, 6) is 0.568. The maximum atomic E-state index is 5.64. The average molecular weight is 210 g/mol. The standard InChI is InChI=1S/C10H11N3.ClH/c1-7-9(12-13-10(7)11)8-5-3-2-4-6-8;/h2-6H,1H3,(H3,11,12,13);1H. The molecule has 0 unspecified atom stereocenters. The van der Waals surface area contributed by atoms with Gasteiger partial charge in [-0.15, -0.1) is 12.4 Å². The van der Waals surface area contributed by atoms with E-state index in [0.717, 1.165) is 16.8 Å². The molecule has 0 aliphatic carbocycles. The Morgan fingerprint density at radius 2 is 1.86 bits per heavy atom. The van der Waals surface area contributed by atoms with Crippen molar-refractivity contribution in [3.8, 4) is 11.3 Å². The van der Waals surface area contributed by atoms with E-state index in [0.29, 0.717) is 5.82 Å². The lowest BCUT2D eigenvalue weighted by molar-refractivity contribution is 1.10. The van der Waals surface area contributed by atoms with Crippen molar-refractivity contribution >= 4 is 18.2 Å². The molecule has 0 radical (unpaired) electrons. The highest BCUT2D eigenvalue weighted by atomic mass is 35.5. The zero-order chi connectivity index (χ0) is 9.26. The van der Waals surface area contributed by atoms with Crippen LogP contribution >= 0.6 is 12.4 Å². The van der Waals surface area contributed by atoms with Crippen LogP contribution in [0.5, 0.6) is 0 Å². The molecule has 0 saturated carbocycles. The topological polar surface area (TPSA) is 54.7 Å². The molecule has 1 heterocycles. The Balaban J connectivity index is 0.000000980. The van der Waals surface area contributed by atoms with Gasteiger partial charge in [-0.2, -0.15) is 5.10 Å². The molecule has 1 aromatic carbocycles. The molecule has 0 amide bonds. The van der Waals surface area contributed by atoms with Gasteiger partial charge in [0.1, 0.15) is 5.82 Å². The zero-order valence-corrected chi connectivity index (χ0v) is 8.64. The van der Waals surface area contributed by atoms with Crippen molar-refractivity contribution < 1.29 is 0 Å². The molecule has 2 aromatic rings. The lowest BCUT2D eigenvalue weighted by Crippen LogP contribution is -1.86. The molecule has 0 aliphatic heterocycles. The van der Waals surface area contributed by atoms with Gasteiger partial charge in [0.15, 0.2) is 0 Å². The fourth-order valence-electron chi connectivity index (χ4n) is 1.30. The van der Waals surface area contributed by atoms with E-state index in [1.165, 1.54) is 0 Å². The van der Waals surface area contributed by atoms with E-state index in [2.05, 4.69) is 10.2 Å². The Morgan fingerprint density at radius 3 is 2.36 bits per heavy atom. The van der Waals surface area contributed by atoms with Crippen LogP contribution < -0.4 is 5.73 Å². The summed E-state index contributed by atoms with van der Waals surface area (Å²) in [6.45, 7) is 1.96. The van der Waals surface area contributed by atoms with Gasteiger partial charge in [0.05, 0.1) is 5.69 Å². The van der Waals surface area contributed by atoms with E-state index >= 15 is 0 Å². The summed E-state index contributed by atoms with van der Waals surface area (Å²) in [5.41, 5.74) is 8.75. The van der Waals surface area contributed by atoms with Crippen LogP contribution in [0.25, 0.3) is 11.3 Å². The lowest BCUT2D eigenvalue weighted by atomic mass is 10.1. The summed E-state index contributed by atoms with van der Waals surface area (Å²) in [5, 5.41) is 6.86. The van der Waals surface area contributed by atoms with Gasteiger partial charge in [-0.1, -0.05) is 30.3 Å². The van der Waals surface area contributed by atoms with Gasteiger partial charge in [-0.05, 0) is 12.5 Å². The van der Waals surface area contributed by atoms with Crippen molar-refractivity contribution in [2.24, 2.45) is 0 Å². The van der Waals surface area contributed by atoms with E-state index in [1.54, 1.807) is 0 Å². The molecule has 74 valence electrons. The third kappa shape index (κ3) is 1.72. The summed E-state index contributed by atoms with van der Waals surface area (Å²) in [7, 11) is 0. The number of aromatic nitrogens is 2. The SMILES string of the molecule is Cc1c(N)n[nH]c1-c1ccccc1.Cl. The molecule has 0 spiro atoms. The number of H-pyrrole nitrogens is 1. The Morgan fingerprint density at radius 1 is 1.21 bits per heavy atom. The smallest absolute Gasteiger partial charge is 0.148 e. The summed E-state index contributed by atoms with van der Waals surface area (Å²) < 4.78 is 0. The summed E-state index contributed by atoms with van der Waals surface area (Å²) in [6, 6.07) is 10.0. The van der Waals surface area contributed by atoms with Crippen LogP contribution in [0.15, 0.2) is 30.3 Å². The fourth-order valence-corrected chi connectivity index (χ4v) is 1.30. The van der Waals surface area contributed by atoms with Crippen molar-refractivity contribution in [1.29, 1.82) is 0 Å². The minimum absolute atomic E-state index is 0.